The predicted molar refractivity (Wildman–Crippen MR) is 88.6 cm³/mol. The molecule has 1 heterocycles. The van der Waals surface area contributed by atoms with Crippen LogP contribution in [0.5, 0.6) is 5.75 Å². The number of carbonyl (C=O) groups excluding carboxylic acids is 1. The van der Waals surface area contributed by atoms with Gasteiger partial charge in [-0.05, 0) is 35.7 Å². The van der Waals surface area contributed by atoms with Crippen LogP contribution in [0.3, 0.4) is 0 Å². The molecular formula is C19H21NO3. The largest absolute Gasteiger partial charge is 0.493 e. The Labute approximate surface area is 136 Å². The van der Waals surface area contributed by atoms with Gasteiger partial charge in [0, 0.05) is 25.6 Å². The fourth-order valence-electron chi connectivity index (χ4n) is 3.05. The van der Waals surface area contributed by atoms with Crippen molar-refractivity contribution in [2.45, 2.75) is 18.9 Å². The van der Waals surface area contributed by atoms with Crippen LogP contribution in [0.4, 0.5) is 0 Å². The van der Waals surface area contributed by atoms with E-state index >= 15 is 0 Å². The van der Waals surface area contributed by atoms with E-state index in [0.29, 0.717) is 18.6 Å². The van der Waals surface area contributed by atoms with Crippen LogP contribution in [0.2, 0.25) is 0 Å². The van der Waals surface area contributed by atoms with Crippen LogP contribution in [0.1, 0.15) is 33.9 Å². The average molecular weight is 311 g/mol. The van der Waals surface area contributed by atoms with Gasteiger partial charge in [0.05, 0.1) is 12.6 Å². The molecule has 1 aliphatic heterocycles. The highest BCUT2D eigenvalue weighted by molar-refractivity contribution is 5.94. The minimum absolute atomic E-state index is 0.0369. The summed E-state index contributed by atoms with van der Waals surface area (Å²) in [6, 6.07) is 15.3. The number of nitrogens with zero attached hydrogens (tertiary/aromatic N) is 1. The molecular weight excluding hydrogens is 290 g/mol. The molecule has 4 nitrogen and oxygen atoms in total. The maximum atomic E-state index is 12.8. The third-order valence-electron chi connectivity index (χ3n) is 4.31. The van der Waals surface area contributed by atoms with Gasteiger partial charge in [0.2, 0.25) is 0 Å². The van der Waals surface area contributed by atoms with Crippen LogP contribution in [0.25, 0.3) is 0 Å². The van der Waals surface area contributed by atoms with Crippen LogP contribution >= 0.6 is 0 Å². The van der Waals surface area contributed by atoms with Gasteiger partial charge < -0.3 is 14.7 Å². The Morgan fingerprint density at radius 1 is 1.26 bits per heavy atom. The van der Waals surface area contributed by atoms with E-state index in [4.69, 9.17) is 4.74 Å². The van der Waals surface area contributed by atoms with E-state index in [9.17, 15) is 9.90 Å². The molecule has 0 aliphatic carbocycles. The van der Waals surface area contributed by atoms with Gasteiger partial charge in [0.1, 0.15) is 5.75 Å². The topological polar surface area (TPSA) is 49.8 Å². The molecule has 0 spiro atoms. The van der Waals surface area contributed by atoms with Crippen molar-refractivity contribution in [3.05, 3.63) is 65.2 Å². The molecule has 0 saturated heterocycles. The number of benzene rings is 2. The summed E-state index contributed by atoms with van der Waals surface area (Å²) in [6.07, 6.45) is 1.36. The van der Waals surface area contributed by atoms with Crippen molar-refractivity contribution >= 4 is 5.91 Å². The maximum Gasteiger partial charge on any atom is 0.254 e. The summed E-state index contributed by atoms with van der Waals surface area (Å²) in [7, 11) is 1.79. The van der Waals surface area contributed by atoms with E-state index in [2.05, 4.69) is 0 Å². The normalized spacial score (nSPS) is 14.0. The van der Waals surface area contributed by atoms with E-state index in [0.717, 1.165) is 23.3 Å². The standard InChI is InChI=1S/C19H21NO3/c1-20(17(9-11-21)14-5-3-2-4-6-14)19(22)16-7-8-18-15(13-16)10-12-23-18/h2-8,13,17,21H,9-12H2,1H3. The van der Waals surface area contributed by atoms with Crippen molar-refractivity contribution in [3.8, 4) is 5.75 Å². The number of hydrogen-bond donors (Lipinski definition) is 1. The van der Waals surface area contributed by atoms with E-state index in [1.807, 2.05) is 48.5 Å². The van der Waals surface area contributed by atoms with Gasteiger partial charge >= 0.3 is 0 Å². The smallest absolute Gasteiger partial charge is 0.254 e. The molecule has 3 rings (SSSR count). The Morgan fingerprint density at radius 2 is 2.04 bits per heavy atom. The van der Waals surface area contributed by atoms with Crippen molar-refractivity contribution in [2.24, 2.45) is 0 Å². The lowest BCUT2D eigenvalue weighted by atomic mass is 10.0. The lowest BCUT2D eigenvalue weighted by molar-refractivity contribution is 0.0705. The molecule has 23 heavy (non-hydrogen) atoms. The molecule has 120 valence electrons. The Kier molecular flexibility index (Phi) is 4.63. The first kappa shape index (κ1) is 15.6. The fourth-order valence-corrected chi connectivity index (χ4v) is 3.05. The molecule has 4 heteroatoms. The summed E-state index contributed by atoms with van der Waals surface area (Å²) in [5, 5.41) is 9.37. The zero-order valence-corrected chi connectivity index (χ0v) is 13.2. The van der Waals surface area contributed by atoms with Crippen molar-refractivity contribution in [2.75, 3.05) is 20.3 Å². The predicted octanol–water partition coefficient (Wildman–Crippen LogP) is 2.82. The Hall–Kier alpha value is -2.33. The molecule has 2 aromatic rings. The van der Waals surface area contributed by atoms with Gasteiger partial charge in [-0.2, -0.15) is 0 Å². The number of fused-ring (bicyclic) bond motifs is 1. The third-order valence-corrected chi connectivity index (χ3v) is 4.31. The number of aliphatic hydroxyl groups is 1. The maximum absolute atomic E-state index is 12.8. The van der Waals surface area contributed by atoms with E-state index in [-0.39, 0.29) is 18.6 Å². The van der Waals surface area contributed by atoms with Crippen molar-refractivity contribution in [1.29, 1.82) is 0 Å². The molecule has 0 fully saturated rings. The minimum Gasteiger partial charge on any atom is -0.493 e. The Bertz CT molecular complexity index is 684. The molecule has 0 aromatic heterocycles. The van der Waals surface area contributed by atoms with Gasteiger partial charge in [-0.1, -0.05) is 30.3 Å². The first-order chi connectivity index (χ1) is 11.2. The second-order valence-corrected chi connectivity index (χ2v) is 5.78. The van der Waals surface area contributed by atoms with Gasteiger partial charge in [-0.15, -0.1) is 0 Å². The molecule has 2 aromatic carbocycles. The van der Waals surface area contributed by atoms with Crippen LogP contribution in [0.15, 0.2) is 48.5 Å². The zero-order chi connectivity index (χ0) is 16.2. The van der Waals surface area contributed by atoms with Gasteiger partial charge in [-0.3, -0.25) is 4.79 Å². The molecule has 1 atom stereocenters. The number of hydrogen-bond acceptors (Lipinski definition) is 3. The van der Waals surface area contributed by atoms with Crippen molar-refractivity contribution < 1.29 is 14.6 Å². The van der Waals surface area contributed by atoms with Crippen LogP contribution in [0, 0.1) is 0 Å². The first-order valence-corrected chi connectivity index (χ1v) is 7.89. The van der Waals surface area contributed by atoms with Crippen LogP contribution in [-0.4, -0.2) is 36.2 Å². The Balaban J connectivity index is 1.85. The summed E-state index contributed by atoms with van der Waals surface area (Å²) in [6.45, 7) is 0.717. The Morgan fingerprint density at radius 3 is 2.78 bits per heavy atom. The highest BCUT2D eigenvalue weighted by Gasteiger charge is 2.23. The molecule has 0 saturated carbocycles. The lowest BCUT2D eigenvalue weighted by Gasteiger charge is -2.28. The number of ether oxygens (including phenoxy) is 1. The number of carbonyl (C=O) groups is 1. The number of aliphatic hydroxyl groups excluding tert-OH is 1. The van der Waals surface area contributed by atoms with Crippen molar-refractivity contribution in [1.82, 2.24) is 4.90 Å². The summed E-state index contributed by atoms with van der Waals surface area (Å²) in [4.78, 5) is 14.5. The fraction of sp³-hybridized carbons (Fsp3) is 0.316. The SMILES string of the molecule is CN(C(=O)c1ccc2c(c1)CCO2)C(CCO)c1ccccc1. The van der Waals surface area contributed by atoms with Gasteiger partial charge in [-0.25, -0.2) is 0 Å². The highest BCUT2D eigenvalue weighted by Crippen LogP contribution is 2.28. The zero-order valence-electron chi connectivity index (χ0n) is 13.2. The monoisotopic (exact) mass is 311 g/mol. The van der Waals surface area contributed by atoms with E-state index in [1.54, 1.807) is 11.9 Å². The summed E-state index contributed by atoms with van der Waals surface area (Å²) in [5.74, 6) is 0.834. The highest BCUT2D eigenvalue weighted by atomic mass is 16.5. The van der Waals surface area contributed by atoms with E-state index in [1.165, 1.54) is 0 Å². The molecule has 0 bridgehead atoms. The molecule has 1 N–H and O–H groups in total. The third kappa shape index (κ3) is 3.22. The first-order valence-electron chi connectivity index (χ1n) is 7.89. The van der Waals surface area contributed by atoms with Crippen LogP contribution in [-0.2, 0) is 6.42 Å². The van der Waals surface area contributed by atoms with Crippen LogP contribution < -0.4 is 4.74 Å². The summed E-state index contributed by atoms with van der Waals surface area (Å²) < 4.78 is 5.49. The summed E-state index contributed by atoms with van der Waals surface area (Å²) >= 11 is 0. The second kappa shape index (κ2) is 6.84. The lowest BCUT2D eigenvalue weighted by Crippen LogP contribution is -2.32. The summed E-state index contributed by atoms with van der Waals surface area (Å²) in [5.41, 5.74) is 2.78. The van der Waals surface area contributed by atoms with Gasteiger partial charge in [0.25, 0.3) is 5.91 Å². The van der Waals surface area contributed by atoms with E-state index < -0.39 is 0 Å². The quantitative estimate of drug-likeness (QED) is 0.924. The second-order valence-electron chi connectivity index (χ2n) is 5.78. The average Bonchev–Trinajstić information content (AvgIpc) is 3.07. The molecule has 1 amide bonds. The van der Waals surface area contributed by atoms with Crippen molar-refractivity contribution in [3.63, 3.8) is 0 Å². The molecule has 1 aliphatic rings. The number of amides is 1. The minimum atomic E-state index is -0.141. The van der Waals surface area contributed by atoms with Gasteiger partial charge in [0.15, 0.2) is 0 Å². The molecule has 0 radical (unpaired) electrons. The molecule has 1 unspecified atom stereocenters. The number of rotatable bonds is 5.